The molecule has 2 aliphatic rings. The minimum absolute atomic E-state index is 0.382. The number of likely N-dealkylation sites (tertiary alicyclic amines) is 2. The van der Waals surface area contributed by atoms with Crippen molar-refractivity contribution in [1.82, 2.24) is 9.80 Å². The van der Waals surface area contributed by atoms with Gasteiger partial charge in [-0.2, -0.15) is 0 Å². The second-order valence-corrected chi connectivity index (χ2v) is 6.53. The van der Waals surface area contributed by atoms with Crippen molar-refractivity contribution in [2.75, 3.05) is 47.0 Å². The van der Waals surface area contributed by atoms with E-state index in [1.165, 1.54) is 0 Å². The van der Waals surface area contributed by atoms with Gasteiger partial charge in [0, 0.05) is 52.4 Å². The Hall–Kier alpha value is -0.880. The zero-order chi connectivity index (χ0) is 15.5. The topological polar surface area (TPSA) is 38.1 Å². The molecular weight excluding hydrogens is 280 g/mol. The summed E-state index contributed by atoms with van der Waals surface area (Å²) in [5.41, 5.74) is 0. The van der Waals surface area contributed by atoms with E-state index in [4.69, 9.17) is 13.9 Å². The molecule has 0 unspecified atom stereocenters. The third-order valence-electron chi connectivity index (χ3n) is 5.13. The molecule has 0 bridgehead atoms. The summed E-state index contributed by atoms with van der Waals surface area (Å²) in [6, 6.07) is 4.71. The van der Waals surface area contributed by atoms with E-state index in [-0.39, 0.29) is 0 Å². The molecule has 124 valence electrons. The molecule has 0 saturated carbocycles. The largest absolute Gasteiger partial charge is 0.465 e. The Kier molecular flexibility index (Phi) is 5.18. The third-order valence-corrected chi connectivity index (χ3v) is 5.13. The van der Waals surface area contributed by atoms with Crippen molar-refractivity contribution >= 4 is 0 Å². The van der Waals surface area contributed by atoms with Crippen LogP contribution >= 0.6 is 0 Å². The smallest absolute Gasteiger partial charge is 0.118 e. The predicted octanol–water partition coefficient (Wildman–Crippen LogP) is 1.76. The lowest BCUT2D eigenvalue weighted by molar-refractivity contribution is -0.0263. The van der Waals surface area contributed by atoms with Gasteiger partial charge in [0.1, 0.15) is 11.5 Å². The van der Waals surface area contributed by atoms with Crippen LogP contribution in [0.15, 0.2) is 16.5 Å². The molecular formula is C17H28N2O3. The molecule has 2 saturated heterocycles. The molecule has 5 heteroatoms. The van der Waals surface area contributed by atoms with Crippen LogP contribution in [-0.4, -0.2) is 69.0 Å². The second-order valence-electron chi connectivity index (χ2n) is 6.53. The summed E-state index contributed by atoms with van der Waals surface area (Å²) < 4.78 is 16.8. The maximum atomic E-state index is 5.77. The Balaban J connectivity index is 1.67. The predicted molar refractivity (Wildman–Crippen MR) is 84.9 cm³/mol. The van der Waals surface area contributed by atoms with Crippen LogP contribution in [0.1, 0.15) is 17.9 Å². The maximum Gasteiger partial charge on any atom is 0.118 e. The van der Waals surface area contributed by atoms with Crippen molar-refractivity contribution < 1.29 is 13.9 Å². The number of nitrogens with zero attached hydrogens (tertiary/aromatic N) is 2. The van der Waals surface area contributed by atoms with Crippen molar-refractivity contribution in [2.45, 2.75) is 32.0 Å². The Labute approximate surface area is 133 Å². The van der Waals surface area contributed by atoms with Crippen molar-refractivity contribution in [3.8, 4) is 0 Å². The zero-order valence-electron chi connectivity index (χ0n) is 14.0. The Morgan fingerprint density at radius 1 is 1.27 bits per heavy atom. The fourth-order valence-corrected chi connectivity index (χ4v) is 3.98. The lowest BCUT2D eigenvalue weighted by Gasteiger charge is -2.40. The van der Waals surface area contributed by atoms with Gasteiger partial charge in [0.15, 0.2) is 0 Å². The van der Waals surface area contributed by atoms with Gasteiger partial charge >= 0.3 is 0 Å². The highest BCUT2D eigenvalue weighted by Crippen LogP contribution is 2.33. The van der Waals surface area contributed by atoms with Crippen LogP contribution in [0.4, 0.5) is 0 Å². The highest BCUT2D eigenvalue weighted by atomic mass is 16.5. The van der Waals surface area contributed by atoms with E-state index < -0.39 is 0 Å². The van der Waals surface area contributed by atoms with E-state index in [9.17, 15) is 0 Å². The molecule has 0 aliphatic carbocycles. The van der Waals surface area contributed by atoms with Gasteiger partial charge in [-0.3, -0.25) is 9.80 Å². The minimum atomic E-state index is 0.382. The van der Waals surface area contributed by atoms with Crippen molar-refractivity contribution in [2.24, 2.45) is 5.92 Å². The van der Waals surface area contributed by atoms with E-state index in [1.54, 1.807) is 7.11 Å². The number of rotatable bonds is 6. The van der Waals surface area contributed by atoms with E-state index in [2.05, 4.69) is 15.9 Å². The SMILES string of the molecule is COCCN1C[C@H]2[C@H](OC)CCN(Cc3ccc(C)o3)[C@H]2C1. The third kappa shape index (κ3) is 3.38. The Morgan fingerprint density at radius 2 is 2.14 bits per heavy atom. The van der Waals surface area contributed by atoms with Gasteiger partial charge in [0.05, 0.1) is 19.3 Å². The summed E-state index contributed by atoms with van der Waals surface area (Å²) in [7, 11) is 3.62. The molecule has 0 amide bonds. The van der Waals surface area contributed by atoms with Crippen LogP contribution in [0.25, 0.3) is 0 Å². The highest BCUT2D eigenvalue weighted by Gasteiger charge is 2.44. The summed E-state index contributed by atoms with van der Waals surface area (Å²) in [5, 5.41) is 0. The van der Waals surface area contributed by atoms with Crippen LogP contribution < -0.4 is 0 Å². The molecule has 1 aromatic rings. The van der Waals surface area contributed by atoms with Gasteiger partial charge in [0.25, 0.3) is 0 Å². The summed E-state index contributed by atoms with van der Waals surface area (Å²) in [5.74, 6) is 2.65. The van der Waals surface area contributed by atoms with Crippen LogP contribution in [0.2, 0.25) is 0 Å². The first kappa shape index (κ1) is 16.0. The van der Waals surface area contributed by atoms with Crippen molar-refractivity contribution in [3.05, 3.63) is 23.7 Å². The number of aryl methyl sites for hydroxylation is 1. The standard InChI is InChI=1S/C17H28N2O3/c1-13-4-5-14(22-13)10-19-7-6-17(21-3)15-11-18(8-9-20-2)12-16(15)19/h4-5,15-17H,6-12H2,1-3H3/t15-,16+,17-/m1/s1. The van der Waals surface area contributed by atoms with E-state index in [0.29, 0.717) is 18.1 Å². The number of ether oxygens (including phenoxy) is 2. The Bertz CT molecular complexity index is 476. The fraction of sp³-hybridized carbons (Fsp3) is 0.765. The summed E-state index contributed by atoms with van der Waals surface area (Å²) in [6.07, 6.45) is 1.49. The minimum Gasteiger partial charge on any atom is -0.465 e. The molecule has 0 spiro atoms. The molecule has 0 N–H and O–H groups in total. The molecule has 3 atom stereocenters. The van der Waals surface area contributed by atoms with Crippen LogP contribution in [0.5, 0.6) is 0 Å². The monoisotopic (exact) mass is 308 g/mol. The number of hydrogen-bond donors (Lipinski definition) is 0. The summed E-state index contributed by atoms with van der Waals surface area (Å²) in [4.78, 5) is 5.09. The molecule has 2 fully saturated rings. The maximum absolute atomic E-state index is 5.77. The van der Waals surface area contributed by atoms with Crippen molar-refractivity contribution in [1.29, 1.82) is 0 Å². The molecule has 22 heavy (non-hydrogen) atoms. The summed E-state index contributed by atoms with van der Waals surface area (Å²) in [6.45, 7) is 8.02. The summed E-state index contributed by atoms with van der Waals surface area (Å²) >= 11 is 0. The zero-order valence-corrected chi connectivity index (χ0v) is 14.0. The number of piperidine rings is 1. The fourth-order valence-electron chi connectivity index (χ4n) is 3.98. The normalized spacial score (nSPS) is 29.9. The van der Waals surface area contributed by atoms with E-state index >= 15 is 0 Å². The van der Waals surface area contributed by atoms with Gasteiger partial charge < -0.3 is 13.9 Å². The van der Waals surface area contributed by atoms with Crippen LogP contribution in [0.3, 0.4) is 0 Å². The lowest BCUT2D eigenvalue weighted by Crippen LogP contribution is -2.50. The lowest BCUT2D eigenvalue weighted by atomic mass is 9.89. The number of methoxy groups -OCH3 is 2. The van der Waals surface area contributed by atoms with Gasteiger partial charge in [-0.15, -0.1) is 0 Å². The first-order valence-electron chi connectivity index (χ1n) is 8.24. The molecule has 0 aromatic carbocycles. The number of hydrogen-bond acceptors (Lipinski definition) is 5. The average molecular weight is 308 g/mol. The van der Waals surface area contributed by atoms with E-state index in [0.717, 1.165) is 57.3 Å². The highest BCUT2D eigenvalue weighted by molar-refractivity contribution is 5.07. The number of furan rings is 1. The second kappa shape index (κ2) is 7.13. The molecule has 1 aromatic heterocycles. The quantitative estimate of drug-likeness (QED) is 0.800. The Morgan fingerprint density at radius 3 is 2.82 bits per heavy atom. The first-order chi connectivity index (χ1) is 10.7. The molecule has 3 rings (SSSR count). The van der Waals surface area contributed by atoms with Gasteiger partial charge in [-0.25, -0.2) is 0 Å². The van der Waals surface area contributed by atoms with Crippen LogP contribution in [0, 0.1) is 12.8 Å². The van der Waals surface area contributed by atoms with Crippen molar-refractivity contribution in [3.63, 3.8) is 0 Å². The van der Waals surface area contributed by atoms with Gasteiger partial charge in [-0.05, 0) is 25.5 Å². The molecule has 2 aliphatic heterocycles. The van der Waals surface area contributed by atoms with Gasteiger partial charge in [-0.1, -0.05) is 0 Å². The first-order valence-corrected chi connectivity index (χ1v) is 8.24. The van der Waals surface area contributed by atoms with E-state index in [1.807, 2.05) is 20.1 Å². The molecule has 3 heterocycles. The van der Waals surface area contributed by atoms with Crippen LogP contribution in [-0.2, 0) is 16.0 Å². The molecule has 0 radical (unpaired) electrons. The van der Waals surface area contributed by atoms with Gasteiger partial charge in [0.2, 0.25) is 0 Å². The molecule has 5 nitrogen and oxygen atoms in total. The number of fused-ring (bicyclic) bond motifs is 1. The average Bonchev–Trinajstić information content (AvgIpc) is 3.12.